The fraction of sp³-hybridized carbons (Fsp3) is 0.708. The third-order valence-corrected chi connectivity index (χ3v) is 7.66. The van der Waals surface area contributed by atoms with E-state index in [9.17, 15) is 14.4 Å². The minimum Gasteiger partial charge on any atom is -0.469 e. The fourth-order valence-corrected chi connectivity index (χ4v) is 5.92. The number of nitrogens with zero attached hydrogens (tertiary/aromatic N) is 1. The van der Waals surface area contributed by atoms with E-state index in [4.69, 9.17) is 4.74 Å². The van der Waals surface area contributed by atoms with Gasteiger partial charge < -0.3 is 20.3 Å². The summed E-state index contributed by atoms with van der Waals surface area (Å²) in [6, 6.07) is 0.00331. The monoisotopic (exact) mass is 429 g/mol. The molecule has 1 saturated heterocycles. The molecule has 4 aliphatic rings. The third kappa shape index (κ3) is 5.31. The molecule has 7 heteroatoms. The van der Waals surface area contributed by atoms with Crippen LogP contribution in [0.1, 0.15) is 51.4 Å². The number of piperidine rings is 1. The molecule has 4 unspecified atom stereocenters. The van der Waals surface area contributed by atoms with E-state index in [-0.39, 0.29) is 23.9 Å². The van der Waals surface area contributed by atoms with Gasteiger partial charge in [-0.15, -0.1) is 0 Å². The normalized spacial score (nSPS) is 30.1. The maximum atomic E-state index is 12.8. The first-order chi connectivity index (χ1) is 15.0. The molecular weight excluding hydrogens is 394 g/mol. The Morgan fingerprint density at radius 1 is 1.13 bits per heavy atom. The minimum absolute atomic E-state index is 0.0213. The average Bonchev–Trinajstić information content (AvgIpc) is 3.42. The van der Waals surface area contributed by atoms with Crippen LogP contribution in [0.4, 0.5) is 4.79 Å². The Kier molecular flexibility index (Phi) is 6.98. The predicted molar refractivity (Wildman–Crippen MR) is 117 cm³/mol. The minimum atomic E-state index is -0.392. The van der Waals surface area contributed by atoms with E-state index < -0.39 is 5.92 Å². The second-order valence-corrected chi connectivity index (χ2v) is 9.60. The number of fused-ring (bicyclic) bond motifs is 2. The van der Waals surface area contributed by atoms with Gasteiger partial charge in [-0.25, -0.2) is 4.79 Å². The van der Waals surface area contributed by atoms with E-state index in [1.165, 1.54) is 32.8 Å². The Balaban J connectivity index is 1.14. The number of likely N-dealkylation sites (tertiary alicyclic amines) is 1. The Morgan fingerprint density at radius 3 is 2.61 bits per heavy atom. The summed E-state index contributed by atoms with van der Waals surface area (Å²) >= 11 is 0. The van der Waals surface area contributed by atoms with Gasteiger partial charge in [-0.3, -0.25) is 9.59 Å². The highest BCUT2D eigenvalue weighted by molar-refractivity contribution is 5.95. The summed E-state index contributed by atoms with van der Waals surface area (Å²) in [6.07, 6.45) is 13.8. The summed E-state index contributed by atoms with van der Waals surface area (Å²) in [7, 11) is 1.36. The molecule has 0 radical (unpaired) electrons. The predicted octanol–water partition coefficient (Wildman–Crippen LogP) is 2.78. The van der Waals surface area contributed by atoms with Crippen molar-refractivity contribution in [2.75, 3.05) is 26.7 Å². The molecule has 31 heavy (non-hydrogen) atoms. The van der Waals surface area contributed by atoms with Crippen molar-refractivity contribution in [3.63, 3.8) is 0 Å². The van der Waals surface area contributed by atoms with Crippen LogP contribution in [0.2, 0.25) is 0 Å². The first-order valence-electron chi connectivity index (χ1n) is 11.8. The number of nitrogens with one attached hydrogen (secondary N) is 2. The molecule has 1 aliphatic heterocycles. The number of ether oxygens (including phenoxy) is 1. The summed E-state index contributed by atoms with van der Waals surface area (Å²) in [5.41, 5.74) is 0.641. The lowest BCUT2D eigenvalue weighted by Crippen LogP contribution is -2.49. The summed E-state index contributed by atoms with van der Waals surface area (Å²) in [4.78, 5) is 38.7. The average molecular weight is 430 g/mol. The highest BCUT2D eigenvalue weighted by atomic mass is 16.5. The van der Waals surface area contributed by atoms with E-state index in [0.717, 1.165) is 43.6 Å². The number of rotatable bonds is 6. The smallest absolute Gasteiger partial charge is 0.315 e. The molecule has 0 spiro atoms. The quantitative estimate of drug-likeness (QED) is 0.636. The zero-order chi connectivity index (χ0) is 21.8. The number of hydrogen-bond donors (Lipinski definition) is 2. The number of carbonyl (C=O) groups excluding carboxylic acids is 3. The molecular formula is C24H35N3O4. The number of methoxy groups -OCH3 is 1. The van der Waals surface area contributed by atoms with Crippen molar-refractivity contribution in [1.29, 1.82) is 0 Å². The molecule has 3 amide bonds. The lowest BCUT2D eigenvalue weighted by molar-refractivity contribution is -0.143. The first-order valence-corrected chi connectivity index (χ1v) is 11.8. The van der Waals surface area contributed by atoms with Gasteiger partial charge in [-0.05, 0) is 62.7 Å². The van der Waals surface area contributed by atoms with Crippen LogP contribution in [-0.2, 0) is 14.3 Å². The van der Waals surface area contributed by atoms with Crippen molar-refractivity contribution in [1.82, 2.24) is 15.5 Å². The topological polar surface area (TPSA) is 87.7 Å². The lowest BCUT2D eigenvalue weighted by Gasteiger charge is -2.33. The SMILES string of the molecule is COC(=O)C1C=CC=C(C(=O)N2CCC(NC(=O)NCCC3CC4CCC3C4)CC2)C1. The number of urea groups is 1. The molecule has 4 rings (SSSR count). The van der Waals surface area contributed by atoms with E-state index in [2.05, 4.69) is 10.6 Å². The van der Waals surface area contributed by atoms with Crippen LogP contribution in [-0.4, -0.2) is 55.6 Å². The van der Waals surface area contributed by atoms with Gasteiger partial charge in [0.1, 0.15) is 0 Å². The summed E-state index contributed by atoms with van der Waals surface area (Å²) in [5, 5.41) is 6.10. The van der Waals surface area contributed by atoms with Crippen molar-refractivity contribution in [3.8, 4) is 0 Å². The molecule has 1 heterocycles. The van der Waals surface area contributed by atoms with Crippen LogP contribution in [0.3, 0.4) is 0 Å². The Hall–Kier alpha value is -2.31. The fourth-order valence-electron chi connectivity index (χ4n) is 5.92. The van der Waals surface area contributed by atoms with Gasteiger partial charge in [0.2, 0.25) is 5.91 Å². The van der Waals surface area contributed by atoms with Crippen LogP contribution < -0.4 is 10.6 Å². The van der Waals surface area contributed by atoms with E-state index in [1.54, 1.807) is 18.2 Å². The van der Waals surface area contributed by atoms with E-state index >= 15 is 0 Å². The van der Waals surface area contributed by atoms with Crippen LogP contribution in [0.25, 0.3) is 0 Å². The van der Waals surface area contributed by atoms with Crippen LogP contribution in [0, 0.1) is 23.7 Å². The standard InChI is InChI=1S/C24H35N3O4/c1-31-23(29)20-4-2-3-19(15-20)22(28)27-11-8-21(9-12-27)26-24(30)25-10-7-18-14-16-5-6-17(18)13-16/h2-4,16-18,20-21H,5-15H2,1H3,(H2,25,26,30). The highest BCUT2D eigenvalue weighted by Gasteiger charge is 2.38. The van der Waals surface area contributed by atoms with Crippen molar-refractivity contribution < 1.29 is 19.1 Å². The number of carbonyl (C=O) groups is 3. The van der Waals surface area contributed by atoms with Gasteiger partial charge in [0, 0.05) is 31.2 Å². The number of allylic oxidation sites excluding steroid dienone is 2. The molecule has 2 N–H and O–H groups in total. The Bertz CT molecular complexity index is 754. The van der Waals surface area contributed by atoms with Crippen molar-refractivity contribution >= 4 is 17.9 Å². The number of amides is 3. The van der Waals surface area contributed by atoms with Gasteiger partial charge in [-0.2, -0.15) is 0 Å². The molecule has 3 aliphatic carbocycles. The number of hydrogen-bond acceptors (Lipinski definition) is 4. The molecule has 0 aromatic heterocycles. The van der Waals surface area contributed by atoms with Crippen molar-refractivity contribution in [2.24, 2.45) is 23.7 Å². The first kappa shape index (κ1) is 21.9. The lowest BCUT2D eigenvalue weighted by atomic mass is 9.86. The zero-order valence-electron chi connectivity index (χ0n) is 18.5. The van der Waals surface area contributed by atoms with E-state index in [0.29, 0.717) is 25.1 Å². The molecule has 4 atom stereocenters. The Labute approximate surface area is 184 Å². The zero-order valence-corrected chi connectivity index (χ0v) is 18.5. The molecule has 0 aromatic rings. The molecule has 7 nitrogen and oxygen atoms in total. The van der Waals surface area contributed by atoms with Gasteiger partial charge >= 0.3 is 12.0 Å². The van der Waals surface area contributed by atoms with Gasteiger partial charge in [0.15, 0.2) is 0 Å². The molecule has 2 bridgehead atoms. The van der Waals surface area contributed by atoms with Gasteiger partial charge in [-0.1, -0.05) is 24.6 Å². The van der Waals surface area contributed by atoms with Gasteiger partial charge in [0.05, 0.1) is 13.0 Å². The second-order valence-electron chi connectivity index (χ2n) is 9.60. The summed E-state index contributed by atoms with van der Waals surface area (Å²) in [6.45, 7) is 1.97. The molecule has 3 fully saturated rings. The maximum Gasteiger partial charge on any atom is 0.315 e. The largest absolute Gasteiger partial charge is 0.469 e. The summed E-state index contributed by atoms with van der Waals surface area (Å²) in [5.74, 6) is 1.92. The highest BCUT2D eigenvalue weighted by Crippen LogP contribution is 2.49. The molecule has 170 valence electrons. The maximum absolute atomic E-state index is 12.8. The van der Waals surface area contributed by atoms with E-state index in [1.807, 2.05) is 4.90 Å². The molecule has 0 aromatic carbocycles. The number of esters is 1. The van der Waals surface area contributed by atoms with Crippen molar-refractivity contribution in [3.05, 3.63) is 23.8 Å². The van der Waals surface area contributed by atoms with Crippen molar-refractivity contribution in [2.45, 2.75) is 57.4 Å². The molecule has 2 saturated carbocycles. The third-order valence-electron chi connectivity index (χ3n) is 7.66. The second kappa shape index (κ2) is 9.88. The van der Waals surface area contributed by atoms with Crippen LogP contribution in [0.5, 0.6) is 0 Å². The summed E-state index contributed by atoms with van der Waals surface area (Å²) < 4.78 is 4.80. The van der Waals surface area contributed by atoms with Gasteiger partial charge in [0.25, 0.3) is 0 Å². The van der Waals surface area contributed by atoms with Crippen LogP contribution >= 0.6 is 0 Å². The van der Waals surface area contributed by atoms with Crippen LogP contribution in [0.15, 0.2) is 23.8 Å². The Morgan fingerprint density at radius 2 is 1.94 bits per heavy atom.